The molecule has 5 heteroatoms. The van der Waals surface area contributed by atoms with Gasteiger partial charge in [0.2, 0.25) is 6.23 Å². The van der Waals surface area contributed by atoms with E-state index in [0.29, 0.717) is 23.2 Å². The first-order valence-corrected chi connectivity index (χ1v) is 8.44. The molecule has 4 nitrogen and oxygen atoms in total. The molecule has 1 amide bonds. The van der Waals surface area contributed by atoms with E-state index in [0.717, 1.165) is 29.7 Å². The van der Waals surface area contributed by atoms with Gasteiger partial charge in [-0.25, -0.2) is 4.99 Å². The van der Waals surface area contributed by atoms with Crippen molar-refractivity contribution >= 4 is 28.9 Å². The second-order valence-electron chi connectivity index (χ2n) is 6.27. The second-order valence-corrected chi connectivity index (χ2v) is 6.71. The average Bonchev–Trinajstić information content (AvgIpc) is 3.42. The smallest absolute Gasteiger partial charge is 0.278 e. The van der Waals surface area contributed by atoms with Crippen molar-refractivity contribution < 1.29 is 9.90 Å². The monoisotopic (exact) mass is 340 g/mol. The summed E-state index contributed by atoms with van der Waals surface area (Å²) in [6, 6.07) is 15.0. The summed E-state index contributed by atoms with van der Waals surface area (Å²) < 4.78 is 0. The Morgan fingerprint density at radius 3 is 2.62 bits per heavy atom. The first kappa shape index (κ1) is 15.4. The summed E-state index contributed by atoms with van der Waals surface area (Å²) in [6.45, 7) is 0.613. The molecule has 1 aliphatic heterocycles. The van der Waals surface area contributed by atoms with Crippen LogP contribution in [0.5, 0.6) is 0 Å². The van der Waals surface area contributed by atoms with Crippen molar-refractivity contribution in [2.24, 2.45) is 10.9 Å². The average molecular weight is 341 g/mol. The maximum atomic E-state index is 12.7. The molecule has 24 heavy (non-hydrogen) atoms. The van der Waals surface area contributed by atoms with Gasteiger partial charge in [0.05, 0.1) is 11.4 Å². The lowest BCUT2D eigenvalue weighted by molar-refractivity contribution is -0.126. The molecular formula is C19H17ClN2O2. The third-order valence-corrected chi connectivity index (χ3v) is 4.66. The molecule has 1 heterocycles. The third kappa shape index (κ3) is 2.83. The lowest BCUT2D eigenvalue weighted by atomic mass is 10.00. The number of aliphatic hydroxyl groups is 1. The normalized spacial score (nSPS) is 20.4. The van der Waals surface area contributed by atoms with Crippen LogP contribution in [0, 0.1) is 5.92 Å². The molecule has 122 valence electrons. The van der Waals surface area contributed by atoms with Crippen LogP contribution < -0.4 is 4.90 Å². The molecule has 0 unspecified atom stereocenters. The standard InChI is InChI=1S/C19H17ClN2O2/c20-14-8-9-16-15(10-14)17(13-4-2-1-3-5-13)21-18(23)19(24)22(16)11-12-6-7-12/h1-5,8-10,12,18,23H,6-7,11H2/t18-/m1/s1. The van der Waals surface area contributed by atoms with Crippen LogP contribution in [0.1, 0.15) is 24.0 Å². The van der Waals surface area contributed by atoms with Gasteiger partial charge in [0.15, 0.2) is 0 Å². The number of carbonyl (C=O) groups is 1. The van der Waals surface area contributed by atoms with Crippen LogP contribution >= 0.6 is 11.6 Å². The predicted octanol–water partition coefficient (Wildman–Crippen LogP) is 3.25. The zero-order chi connectivity index (χ0) is 16.7. The Balaban J connectivity index is 1.89. The van der Waals surface area contributed by atoms with E-state index < -0.39 is 6.23 Å². The number of hydrogen-bond acceptors (Lipinski definition) is 3. The molecule has 0 aromatic heterocycles. The number of fused-ring (bicyclic) bond motifs is 1. The van der Waals surface area contributed by atoms with E-state index in [1.165, 1.54) is 0 Å². The van der Waals surface area contributed by atoms with Gasteiger partial charge in [-0.15, -0.1) is 0 Å². The highest BCUT2D eigenvalue weighted by atomic mass is 35.5. The number of hydrogen-bond donors (Lipinski definition) is 1. The highest BCUT2D eigenvalue weighted by Crippen LogP contribution is 2.35. The number of benzodiazepines with no additional fused rings is 1. The second kappa shape index (κ2) is 6.04. The highest BCUT2D eigenvalue weighted by molar-refractivity contribution is 6.32. The predicted molar refractivity (Wildman–Crippen MR) is 94.6 cm³/mol. The Bertz CT molecular complexity index is 815. The molecule has 0 radical (unpaired) electrons. The fourth-order valence-electron chi connectivity index (χ4n) is 3.01. The van der Waals surface area contributed by atoms with Crippen LogP contribution in [0.4, 0.5) is 5.69 Å². The number of carbonyl (C=O) groups excluding carboxylic acids is 1. The molecule has 1 saturated carbocycles. The van der Waals surface area contributed by atoms with Gasteiger partial charge in [0.1, 0.15) is 0 Å². The Kier molecular flexibility index (Phi) is 3.87. The number of aliphatic hydroxyl groups excluding tert-OH is 1. The van der Waals surface area contributed by atoms with Gasteiger partial charge in [0.25, 0.3) is 5.91 Å². The molecule has 0 bridgehead atoms. The number of halogens is 1. The molecule has 2 aromatic rings. The molecule has 1 aliphatic carbocycles. The molecule has 2 aromatic carbocycles. The van der Waals surface area contributed by atoms with E-state index >= 15 is 0 Å². The van der Waals surface area contributed by atoms with Crippen LogP contribution in [0.3, 0.4) is 0 Å². The fourth-order valence-corrected chi connectivity index (χ4v) is 3.18. The van der Waals surface area contributed by atoms with Crippen LogP contribution in [0.2, 0.25) is 5.02 Å². The zero-order valence-electron chi connectivity index (χ0n) is 13.0. The lowest BCUT2D eigenvalue weighted by Gasteiger charge is -2.24. The number of amides is 1. The SMILES string of the molecule is O=C1[C@@H](O)N=C(c2ccccc2)c2cc(Cl)ccc2N1CC1CC1. The maximum absolute atomic E-state index is 12.7. The molecule has 0 spiro atoms. The quantitative estimate of drug-likeness (QED) is 0.932. The molecule has 2 aliphatic rings. The number of aliphatic imine (C=N–C) groups is 1. The summed E-state index contributed by atoms with van der Waals surface area (Å²) >= 11 is 6.20. The largest absolute Gasteiger partial charge is 0.364 e. The summed E-state index contributed by atoms with van der Waals surface area (Å²) in [5.74, 6) is 0.124. The summed E-state index contributed by atoms with van der Waals surface area (Å²) in [4.78, 5) is 18.6. The highest BCUT2D eigenvalue weighted by Gasteiger charge is 2.34. The minimum atomic E-state index is -1.40. The van der Waals surface area contributed by atoms with Crippen molar-refractivity contribution in [3.63, 3.8) is 0 Å². The summed E-state index contributed by atoms with van der Waals surface area (Å²) in [7, 11) is 0. The van der Waals surface area contributed by atoms with Gasteiger partial charge >= 0.3 is 0 Å². The van der Waals surface area contributed by atoms with Gasteiger partial charge in [-0.05, 0) is 37.0 Å². The third-order valence-electron chi connectivity index (χ3n) is 4.43. The van der Waals surface area contributed by atoms with Crippen molar-refractivity contribution in [3.8, 4) is 0 Å². The van der Waals surface area contributed by atoms with E-state index in [-0.39, 0.29) is 5.91 Å². The van der Waals surface area contributed by atoms with Gasteiger partial charge in [-0.2, -0.15) is 0 Å². The number of anilines is 1. The molecule has 0 saturated heterocycles. The van der Waals surface area contributed by atoms with Crippen molar-refractivity contribution in [1.29, 1.82) is 0 Å². The summed E-state index contributed by atoms with van der Waals surface area (Å²) in [5.41, 5.74) is 2.98. The zero-order valence-corrected chi connectivity index (χ0v) is 13.8. The number of rotatable bonds is 3. The Morgan fingerprint density at radius 1 is 1.17 bits per heavy atom. The van der Waals surface area contributed by atoms with Gasteiger partial charge in [0, 0.05) is 22.7 Å². The van der Waals surface area contributed by atoms with E-state index in [4.69, 9.17) is 11.6 Å². The van der Waals surface area contributed by atoms with Crippen LogP contribution in [-0.4, -0.2) is 29.5 Å². The molecule has 4 rings (SSSR count). The van der Waals surface area contributed by atoms with E-state index in [9.17, 15) is 9.90 Å². The van der Waals surface area contributed by atoms with Crippen LogP contribution in [-0.2, 0) is 4.79 Å². The topological polar surface area (TPSA) is 52.9 Å². The number of nitrogens with zero attached hydrogens (tertiary/aromatic N) is 2. The Hall–Kier alpha value is -2.17. The Labute approximate surface area is 145 Å². The summed E-state index contributed by atoms with van der Waals surface area (Å²) in [6.07, 6.45) is 0.842. The van der Waals surface area contributed by atoms with Crippen molar-refractivity contribution in [3.05, 3.63) is 64.7 Å². The fraction of sp³-hybridized carbons (Fsp3) is 0.263. The summed E-state index contributed by atoms with van der Waals surface area (Å²) in [5, 5.41) is 10.9. The van der Waals surface area contributed by atoms with Crippen LogP contribution in [0.25, 0.3) is 0 Å². The van der Waals surface area contributed by atoms with E-state index in [1.54, 1.807) is 11.0 Å². The number of benzene rings is 2. The van der Waals surface area contributed by atoms with Gasteiger partial charge in [-0.3, -0.25) is 4.79 Å². The van der Waals surface area contributed by atoms with Gasteiger partial charge < -0.3 is 10.0 Å². The molecule has 1 atom stereocenters. The lowest BCUT2D eigenvalue weighted by Crippen LogP contribution is -2.39. The van der Waals surface area contributed by atoms with Crippen molar-refractivity contribution in [2.45, 2.75) is 19.1 Å². The van der Waals surface area contributed by atoms with Crippen molar-refractivity contribution in [1.82, 2.24) is 0 Å². The van der Waals surface area contributed by atoms with E-state index in [2.05, 4.69) is 4.99 Å². The van der Waals surface area contributed by atoms with Gasteiger partial charge in [-0.1, -0.05) is 41.9 Å². The molecular weight excluding hydrogens is 324 g/mol. The van der Waals surface area contributed by atoms with E-state index in [1.807, 2.05) is 42.5 Å². The maximum Gasteiger partial charge on any atom is 0.278 e. The molecule has 1 N–H and O–H groups in total. The van der Waals surface area contributed by atoms with Crippen molar-refractivity contribution in [2.75, 3.05) is 11.4 Å². The Morgan fingerprint density at radius 2 is 1.92 bits per heavy atom. The first-order chi connectivity index (χ1) is 11.6. The molecule has 1 fully saturated rings. The van der Waals surface area contributed by atoms with Crippen LogP contribution in [0.15, 0.2) is 53.5 Å². The first-order valence-electron chi connectivity index (χ1n) is 8.06. The minimum Gasteiger partial charge on any atom is -0.364 e. The minimum absolute atomic E-state index is 0.378.